The number of amides is 3. The number of fused-ring (bicyclic) bond motifs is 1. The number of esters is 1. The van der Waals surface area contributed by atoms with Gasteiger partial charge in [-0.15, -0.1) is 11.3 Å². The highest BCUT2D eigenvalue weighted by molar-refractivity contribution is 7.15. The number of rotatable bonds is 6. The summed E-state index contributed by atoms with van der Waals surface area (Å²) in [7, 11) is 0. The van der Waals surface area contributed by atoms with Crippen LogP contribution in [0.1, 0.15) is 43.6 Å². The van der Waals surface area contributed by atoms with E-state index < -0.39 is 30.2 Å². The molecular formula is C24H20N2O5S. The molecule has 0 atom stereocenters. The second-order valence-electron chi connectivity index (χ2n) is 7.23. The normalized spacial score (nSPS) is 12.6. The van der Waals surface area contributed by atoms with Crippen LogP contribution in [0.2, 0.25) is 0 Å². The van der Waals surface area contributed by atoms with E-state index in [9.17, 15) is 19.2 Å². The molecule has 2 aromatic carbocycles. The number of hydrogen-bond acceptors (Lipinski definition) is 6. The van der Waals surface area contributed by atoms with Crippen LogP contribution in [0.3, 0.4) is 0 Å². The number of anilines is 1. The number of aryl methyl sites for hydroxylation is 1. The Kier molecular flexibility index (Phi) is 5.87. The number of thiophene rings is 1. The Morgan fingerprint density at radius 1 is 0.969 bits per heavy atom. The lowest BCUT2D eigenvalue weighted by Gasteiger charge is -2.14. The van der Waals surface area contributed by atoms with Gasteiger partial charge in [0.2, 0.25) is 5.91 Å². The van der Waals surface area contributed by atoms with Gasteiger partial charge in [-0.05, 0) is 31.5 Å². The van der Waals surface area contributed by atoms with E-state index in [-0.39, 0.29) is 23.3 Å². The van der Waals surface area contributed by atoms with Crippen molar-refractivity contribution in [2.24, 2.45) is 0 Å². The van der Waals surface area contributed by atoms with Crippen LogP contribution in [0.15, 0.2) is 53.9 Å². The molecule has 1 aliphatic rings. The Morgan fingerprint density at radius 3 is 2.19 bits per heavy atom. The monoisotopic (exact) mass is 448 g/mol. The number of benzene rings is 2. The van der Waals surface area contributed by atoms with Gasteiger partial charge in [-0.1, -0.05) is 42.0 Å². The van der Waals surface area contributed by atoms with Gasteiger partial charge in [0.15, 0.2) is 0 Å². The summed E-state index contributed by atoms with van der Waals surface area (Å²) in [5, 5.41) is 4.76. The fourth-order valence-corrected chi connectivity index (χ4v) is 4.47. The van der Waals surface area contributed by atoms with Crippen LogP contribution in [0, 0.1) is 6.92 Å². The summed E-state index contributed by atoms with van der Waals surface area (Å²) in [6, 6.07) is 14.1. The van der Waals surface area contributed by atoms with Gasteiger partial charge in [0.1, 0.15) is 17.1 Å². The van der Waals surface area contributed by atoms with Crippen LogP contribution in [-0.2, 0) is 9.53 Å². The molecule has 0 saturated heterocycles. The molecule has 0 fully saturated rings. The Morgan fingerprint density at radius 2 is 1.59 bits per heavy atom. The van der Waals surface area contributed by atoms with Gasteiger partial charge in [0.05, 0.1) is 17.7 Å². The molecule has 3 amide bonds. The fourth-order valence-electron chi connectivity index (χ4n) is 3.49. The number of hydrogen-bond donors (Lipinski definition) is 1. The fraction of sp³-hybridized carbons (Fsp3) is 0.167. The Bertz CT molecular complexity index is 1190. The second kappa shape index (κ2) is 8.76. The zero-order valence-electron chi connectivity index (χ0n) is 17.5. The third-order valence-corrected chi connectivity index (χ3v) is 5.96. The number of nitrogens with one attached hydrogen (secondary N) is 1. The third kappa shape index (κ3) is 3.92. The minimum Gasteiger partial charge on any atom is -0.462 e. The number of carbonyl (C=O) groups is 4. The molecule has 0 saturated carbocycles. The van der Waals surface area contributed by atoms with Crippen molar-refractivity contribution >= 4 is 40.0 Å². The molecule has 1 aliphatic heterocycles. The predicted octanol–water partition coefficient (Wildman–Crippen LogP) is 4.13. The van der Waals surface area contributed by atoms with Crippen molar-refractivity contribution in [3.63, 3.8) is 0 Å². The van der Waals surface area contributed by atoms with Crippen LogP contribution in [0.5, 0.6) is 0 Å². The average Bonchev–Trinajstić information content (AvgIpc) is 3.30. The van der Waals surface area contributed by atoms with Crippen molar-refractivity contribution in [1.29, 1.82) is 0 Å². The molecule has 3 aromatic rings. The number of carbonyl (C=O) groups excluding carboxylic acids is 4. The highest BCUT2D eigenvalue weighted by Crippen LogP contribution is 2.36. The Labute approximate surface area is 188 Å². The summed E-state index contributed by atoms with van der Waals surface area (Å²) >= 11 is 1.18. The quantitative estimate of drug-likeness (QED) is 0.452. The van der Waals surface area contributed by atoms with Crippen LogP contribution < -0.4 is 5.32 Å². The molecule has 1 N–H and O–H groups in total. The molecule has 32 heavy (non-hydrogen) atoms. The van der Waals surface area contributed by atoms with Crippen molar-refractivity contribution in [3.05, 3.63) is 76.2 Å². The Hall–Kier alpha value is -3.78. The lowest BCUT2D eigenvalue weighted by atomic mass is 10.0. The van der Waals surface area contributed by atoms with Crippen LogP contribution in [-0.4, -0.2) is 41.7 Å². The first-order valence-corrected chi connectivity index (χ1v) is 10.9. The minimum absolute atomic E-state index is 0.185. The SMILES string of the molecule is CCOC(=O)c1c(-c2ccc(C)cc2)csc1NC(=O)CN1C(=O)c2ccccc2C1=O. The molecular weight excluding hydrogens is 428 g/mol. The van der Waals surface area contributed by atoms with E-state index in [0.29, 0.717) is 10.6 Å². The van der Waals surface area contributed by atoms with Gasteiger partial charge in [-0.25, -0.2) is 4.79 Å². The van der Waals surface area contributed by atoms with Gasteiger partial charge in [0.25, 0.3) is 11.8 Å². The van der Waals surface area contributed by atoms with E-state index in [1.54, 1.807) is 36.6 Å². The van der Waals surface area contributed by atoms with E-state index in [2.05, 4.69) is 5.32 Å². The van der Waals surface area contributed by atoms with Gasteiger partial charge in [-0.2, -0.15) is 0 Å². The van der Waals surface area contributed by atoms with Crippen LogP contribution in [0.25, 0.3) is 11.1 Å². The number of imide groups is 1. The zero-order valence-corrected chi connectivity index (χ0v) is 18.3. The maximum atomic E-state index is 12.7. The highest BCUT2D eigenvalue weighted by Gasteiger charge is 2.36. The summed E-state index contributed by atoms with van der Waals surface area (Å²) in [5.74, 6) is -2.17. The van der Waals surface area contributed by atoms with E-state index >= 15 is 0 Å². The molecule has 4 rings (SSSR count). The van der Waals surface area contributed by atoms with Gasteiger partial charge >= 0.3 is 5.97 Å². The largest absolute Gasteiger partial charge is 0.462 e. The van der Waals surface area contributed by atoms with E-state index in [4.69, 9.17) is 4.74 Å². The van der Waals surface area contributed by atoms with E-state index in [0.717, 1.165) is 16.0 Å². The Balaban J connectivity index is 1.58. The summed E-state index contributed by atoms with van der Waals surface area (Å²) in [6.45, 7) is 3.40. The van der Waals surface area contributed by atoms with Gasteiger partial charge in [0, 0.05) is 10.9 Å². The first kappa shape index (κ1) is 21.5. The van der Waals surface area contributed by atoms with E-state index in [1.165, 1.54) is 11.3 Å². The minimum atomic E-state index is -0.581. The maximum Gasteiger partial charge on any atom is 0.341 e. The van der Waals surface area contributed by atoms with Crippen molar-refractivity contribution < 1.29 is 23.9 Å². The highest BCUT2D eigenvalue weighted by atomic mass is 32.1. The molecule has 8 heteroatoms. The first-order valence-electron chi connectivity index (χ1n) is 10.0. The summed E-state index contributed by atoms with van der Waals surface area (Å²) < 4.78 is 5.20. The van der Waals surface area contributed by atoms with Crippen molar-refractivity contribution in [2.75, 3.05) is 18.5 Å². The van der Waals surface area contributed by atoms with E-state index in [1.807, 2.05) is 31.2 Å². The molecule has 0 bridgehead atoms. The molecule has 162 valence electrons. The molecule has 1 aromatic heterocycles. The standard InChI is InChI=1S/C24H20N2O5S/c1-3-31-24(30)20-18(15-10-8-14(2)9-11-15)13-32-21(20)25-19(27)12-26-22(28)16-6-4-5-7-17(16)23(26)29/h4-11,13H,3,12H2,1-2H3,(H,25,27). The summed E-state index contributed by atoms with van der Waals surface area (Å²) in [4.78, 5) is 51.4. The molecule has 0 unspecified atom stereocenters. The zero-order chi connectivity index (χ0) is 22.8. The van der Waals surface area contributed by atoms with Crippen molar-refractivity contribution in [3.8, 4) is 11.1 Å². The number of nitrogens with zero attached hydrogens (tertiary/aromatic N) is 1. The topological polar surface area (TPSA) is 92.8 Å². The lowest BCUT2D eigenvalue weighted by Crippen LogP contribution is -2.37. The van der Waals surface area contributed by atoms with Crippen molar-refractivity contribution in [1.82, 2.24) is 4.90 Å². The maximum absolute atomic E-state index is 12.7. The first-order chi connectivity index (χ1) is 15.4. The molecule has 7 nitrogen and oxygen atoms in total. The van der Waals surface area contributed by atoms with Crippen LogP contribution >= 0.6 is 11.3 Å². The summed E-state index contributed by atoms with van der Waals surface area (Å²) in [6.07, 6.45) is 0. The molecule has 0 radical (unpaired) electrons. The number of ether oxygens (including phenoxy) is 1. The average molecular weight is 449 g/mol. The van der Waals surface area contributed by atoms with Gasteiger partial charge in [-0.3, -0.25) is 19.3 Å². The van der Waals surface area contributed by atoms with Crippen LogP contribution in [0.4, 0.5) is 5.00 Å². The molecule has 0 aliphatic carbocycles. The van der Waals surface area contributed by atoms with Gasteiger partial charge < -0.3 is 10.1 Å². The summed E-state index contributed by atoms with van der Waals surface area (Å²) in [5.41, 5.74) is 3.33. The second-order valence-corrected chi connectivity index (χ2v) is 8.11. The molecule has 0 spiro atoms. The lowest BCUT2D eigenvalue weighted by molar-refractivity contribution is -0.116. The van der Waals surface area contributed by atoms with Crippen molar-refractivity contribution in [2.45, 2.75) is 13.8 Å². The molecule has 2 heterocycles. The predicted molar refractivity (Wildman–Crippen MR) is 121 cm³/mol. The smallest absolute Gasteiger partial charge is 0.341 e. The third-order valence-electron chi connectivity index (χ3n) is 5.07.